The largest absolute Gasteiger partial charge is 0.465 e. The molecule has 7 nitrogen and oxygen atoms in total. The standard InChI is InChI=1S/C22H19FN2O5S/c1-14-6-7-16(22(27)30-2)13-20(14)24-21(26)15-4-3-5-19(12-15)31(28,29)25-18-10-8-17(23)9-11-18/h3-13,25H,1-2H3,(H,24,26). The van der Waals surface area contributed by atoms with Crippen LogP contribution in [0, 0.1) is 12.7 Å². The van der Waals surface area contributed by atoms with Gasteiger partial charge >= 0.3 is 5.97 Å². The van der Waals surface area contributed by atoms with Crippen LogP contribution in [-0.4, -0.2) is 27.4 Å². The molecule has 0 bridgehead atoms. The highest BCUT2D eigenvalue weighted by Crippen LogP contribution is 2.21. The number of sulfonamides is 1. The fourth-order valence-corrected chi connectivity index (χ4v) is 3.84. The third-order valence-corrected chi connectivity index (χ3v) is 5.79. The molecular weight excluding hydrogens is 423 g/mol. The lowest BCUT2D eigenvalue weighted by atomic mass is 10.1. The maximum absolute atomic E-state index is 13.0. The smallest absolute Gasteiger partial charge is 0.337 e. The van der Waals surface area contributed by atoms with Crippen molar-refractivity contribution < 1.29 is 27.1 Å². The number of hydrogen-bond acceptors (Lipinski definition) is 5. The monoisotopic (exact) mass is 442 g/mol. The summed E-state index contributed by atoms with van der Waals surface area (Å²) < 4.78 is 45.3. The van der Waals surface area contributed by atoms with E-state index in [1.807, 2.05) is 0 Å². The summed E-state index contributed by atoms with van der Waals surface area (Å²) in [5.74, 6) is -1.59. The number of rotatable bonds is 6. The molecule has 0 saturated heterocycles. The van der Waals surface area contributed by atoms with Crippen molar-refractivity contribution in [2.75, 3.05) is 17.1 Å². The van der Waals surface area contributed by atoms with Crippen LogP contribution in [0.5, 0.6) is 0 Å². The van der Waals surface area contributed by atoms with Gasteiger partial charge in [-0.25, -0.2) is 17.6 Å². The predicted octanol–water partition coefficient (Wildman–Crippen LogP) is 3.97. The zero-order chi connectivity index (χ0) is 22.6. The average Bonchev–Trinajstić information content (AvgIpc) is 2.76. The van der Waals surface area contributed by atoms with Crippen LogP contribution < -0.4 is 10.0 Å². The number of hydrogen-bond donors (Lipinski definition) is 2. The van der Waals surface area contributed by atoms with Gasteiger partial charge in [-0.3, -0.25) is 9.52 Å². The van der Waals surface area contributed by atoms with E-state index >= 15 is 0 Å². The molecule has 0 aliphatic carbocycles. The number of esters is 1. The molecule has 1 amide bonds. The molecule has 3 rings (SSSR count). The predicted molar refractivity (Wildman–Crippen MR) is 114 cm³/mol. The number of anilines is 2. The first kappa shape index (κ1) is 22.0. The van der Waals surface area contributed by atoms with Crippen LogP contribution in [0.4, 0.5) is 15.8 Å². The lowest BCUT2D eigenvalue weighted by molar-refractivity contribution is 0.0600. The summed E-state index contributed by atoms with van der Waals surface area (Å²) in [6, 6.07) is 15.0. The van der Waals surface area contributed by atoms with Crippen LogP contribution in [0.25, 0.3) is 0 Å². The van der Waals surface area contributed by atoms with E-state index in [2.05, 4.69) is 14.8 Å². The van der Waals surface area contributed by atoms with Gasteiger partial charge in [0.1, 0.15) is 5.82 Å². The number of carbonyl (C=O) groups is 2. The molecule has 0 fully saturated rings. The van der Waals surface area contributed by atoms with Gasteiger partial charge in [-0.15, -0.1) is 0 Å². The van der Waals surface area contributed by atoms with Crippen LogP contribution in [0.1, 0.15) is 26.3 Å². The summed E-state index contributed by atoms with van der Waals surface area (Å²) in [4.78, 5) is 24.3. The Bertz CT molecular complexity index is 1240. The number of ether oxygens (including phenoxy) is 1. The number of benzene rings is 3. The molecule has 0 radical (unpaired) electrons. The van der Waals surface area contributed by atoms with Crippen LogP contribution >= 0.6 is 0 Å². The molecule has 31 heavy (non-hydrogen) atoms. The fraction of sp³-hybridized carbons (Fsp3) is 0.0909. The molecular formula is C22H19FN2O5S. The van der Waals surface area contributed by atoms with E-state index in [1.165, 1.54) is 49.6 Å². The van der Waals surface area contributed by atoms with Crippen LogP contribution in [0.3, 0.4) is 0 Å². The Morgan fingerprint density at radius 1 is 0.935 bits per heavy atom. The zero-order valence-corrected chi connectivity index (χ0v) is 17.5. The lowest BCUT2D eigenvalue weighted by Gasteiger charge is -2.12. The molecule has 0 aromatic heterocycles. The molecule has 0 saturated carbocycles. The average molecular weight is 442 g/mol. The molecule has 0 aliphatic rings. The summed E-state index contributed by atoms with van der Waals surface area (Å²) in [6.45, 7) is 1.75. The first-order valence-electron chi connectivity index (χ1n) is 9.08. The Kier molecular flexibility index (Phi) is 6.36. The van der Waals surface area contributed by atoms with E-state index < -0.39 is 27.7 Å². The van der Waals surface area contributed by atoms with Gasteiger partial charge in [0.25, 0.3) is 15.9 Å². The third-order valence-electron chi connectivity index (χ3n) is 4.41. The Hall–Kier alpha value is -3.72. The Labute approximate surface area is 178 Å². The summed E-state index contributed by atoms with van der Waals surface area (Å²) in [5, 5.41) is 2.68. The highest BCUT2D eigenvalue weighted by atomic mass is 32.2. The lowest BCUT2D eigenvalue weighted by Crippen LogP contribution is -2.16. The van der Waals surface area contributed by atoms with Crippen molar-refractivity contribution in [3.8, 4) is 0 Å². The van der Waals surface area contributed by atoms with Gasteiger partial charge in [0.15, 0.2) is 0 Å². The van der Waals surface area contributed by atoms with E-state index in [1.54, 1.807) is 19.1 Å². The molecule has 0 spiro atoms. The number of carbonyl (C=O) groups excluding carboxylic acids is 2. The summed E-state index contributed by atoms with van der Waals surface area (Å²) >= 11 is 0. The number of nitrogens with one attached hydrogen (secondary N) is 2. The van der Waals surface area contributed by atoms with Crippen molar-refractivity contribution >= 4 is 33.3 Å². The van der Waals surface area contributed by atoms with Crippen molar-refractivity contribution in [3.63, 3.8) is 0 Å². The van der Waals surface area contributed by atoms with Crippen molar-refractivity contribution in [2.45, 2.75) is 11.8 Å². The molecule has 0 atom stereocenters. The highest BCUT2D eigenvalue weighted by Gasteiger charge is 2.17. The summed E-state index contributed by atoms with van der Waals surface area (Å²) in [5.41, 5.74) is 1.66. The summed E-state index contributed by atoms with van der Waals surface area (Å²) in [7, 11) is -2.74. The first-order valence-corrected chi connectivity index (χ1v) is 10.6. The minimum atomic E-state index is -4.00. The van der Waals surface area contributed by atoms with E-state index in [0.717, 1.165) is 12.1 Å². The van der Waals surface area contributed by atoms with E-state index in [9.17, 15) is 22.4 Å². The number of methoxy groups -OCH3 is 1. The quantitative estimate of drug-likeness (QED) is 0.563. The molecule has 160 valence electrons. The zero-order valence-electron chi connectivity index (χ0n) is 16.7. The fourth-order valence-electron chi connectivity index (χ4n) is 2.73. The molecule has 0 unspecified atom stereocenters. The second-order valence-electron chi connectivity index (χ2n) is 6.62. The van der Waals surface area contributed by atoms with E-state index in [4.69, 9.17) is 0 Å². The molecule has 9 heteroatoms. The maximum Gasteiger partial charge on any atom is 0.337 e. The topological polar surface area (TPSA) is 102 Å². The summed E-state index contributed by atoms with van der Waals surface area (Å²) in [6.07, 6.45) is 0. The number of amides is 1. The normalized spacial score (nSPS) is 10.9. The number of halogens is 1. The molecule has 0 aliphatic heterocycles. The molecule has 3 aromatic carbocycles. The van der Waals surface area contributed by atoms with Gasteiger partial charge in [0.2, 0.25) is 0 Å². The highest BCUT2D eigenvalue weighted by molar-refractivity contribution is 7.92. The second-order valence-corrected chi connectivity index (χ2v) is 8.30. The van der Waals surface area contributed by atoms with Crippen LogP contribution in [0.2, 0.25) is 0 Å². The van der Waals surface area contributed by atoms with Gasteiger partial charge in [0, 0.05) is 16.9 Å². The number of aryl methyl sites for hydroxylation is 1. The minimum Gasteiger partial charge on any atom is -0.465 e. The van der Waals surface area contributed by atoms with Gasteiger partial charge in [-0.05, 0) is 67.1 Å². The SMILES string of the molecule is COC(=O)c1ccc(C)c(NC(=O)c2cccc(S(=O)(=O)Nc3ccc(F)cc3)c2)c1. The van der Waals surface area contributed by atoms with Crippen molar-refractivity contribution in [1.29, 1.82) is 0 Å². The van der Waals surface area contributed by atoms with E-state index in [0.29, 0.717) is 11.3 Å². The Morgan fingerprint density at radius 3 is 2.32 bits per heavy atom. The third kappa shape index (κ3) is 5.26. The minimum absolute atomic E-state index is 0.102. The van der Waals surface area contributed by atoms with Gasteiger partial charge in [-0.1, -0.05) is 12.1 Å². The van der Waals surface area contributed by atoms with E-state index in [-0.39, 0.29) is 21.7 Å². The second kappa shape index (κ2) is 8.97. The Balaban J connectivity index is 1.83. The van der Waals surface area contributed by atoms with Crippen molar-refractivity contribution in [3.05, 3.63) is 89.2 Å². The molecule has 2 N–H and O–H groups in total. The molecule has 3 aromatic rings. The van der Waals surface area contributed by atoms with Gasteiger partial charge in [-0.2, -0.15) is 0 Å². The Morgan fingerprint density at radius 2 is 1.65 bits per heavy atom. The van der Waals surface area contributed by atoms with Gasteiger partial charge in [0.05, 0.1) is 17.6 Å². The first-order chi connectivity index (χ1) is 14.7. The van der Waals surface area contributed by atoms with Crippen molar-refractivity contribution in [2.24, 2.45) is 0 Å². The van der Waals surface area contributed by atoms with Gasteiger partial charge < -0.3 is 10.1 Å². The van der Waals surface area contributed by atoms with Crippen LogP contribution in [0.15, 0.2) is 71.6 Å². The van der Waals surface area contributed by atoms with Crippen molar-refractivity contribution in [1.82, 2.24) is 0 Å². The maximum atomic E-state index is 13.0. The van der Waals surface area contributed by atoms with Crippen LogP contribution in [-0.2, 0) is 14.8 Å². The molecule has 0 heterocycles.